The van der Waals surface area contributed by atoms with Gasteiger partial charge in [0.05, 0.1) is 7.11 Å². The Labute approximate surface area is 167 Å². The molecule has 0 bridgehead atoms. The van der Waals surface area contributed by atoms with Crippen LogP contribution in [0.2, 0.25) is 0 Å². The number of benzene rings is 3. The minimum absolute atomic E-state index is 0.000995. The van der Waals surface area contributed by atoms with E-state index >= 15 is 0 Å². The molecular formula is C25H27NO2. The van der Waals surface area contributed by atoms with Crippen LogP contribution in [0, 0.1) is 0 Å². The summed E-state index contributed by atoms with van der Waals surface area (Å²) in [6.07, 6.45) is 0. The van der Waals surface area contributed by atoms with Crippen LogP contribution < -0.4 is 0 Å². The summed E-state index contributed by atoms with van der Waals surface area (Å²) in [6, 6.07) is 30.3. The van der Waals surface area contributed by atoms with Crippen LogP contribution in [-0.2, 0) is 22.6 Å². The molecule has 0 aliphatic carbocycles. The Morgan fingerprint density at radius 3 is 1.64 bits per heavy atom. The maximum atomic E-state index is 12.9. The highest BCUT2D eigenvalue weighted by Gasteiger charge is 2.33. The minimum atomic E-state index is -0.382. The molecule has 1 unspecified atom stereocenters. The Morgan fingerprint density at radius 1 is 0.786 bits per heavy atom. The Morgan fingerprint density at radius 2 is 1.21 bits per heavy atom. The van der Waals surface area contributed by atoms with Gasteiger partial charge in [0, 0.05) is 19.0 Å². The summed E-state index contributed by atoms with van der Waals surface area (Å²) >= 11 is 0. The van der Waals surface area contributed by atoms with E-state index in [2.05, 4.69) is 48.2 Å². The SMILES string of the molecule is COC(=O)C([C@@H](C)c1ccccc1)N(Cc1ccccc1)Cc1ccccc1. The molecule has 0 radical (unpaired) electrons. The largest absolute Gasteiger partial charge is 0.468 e. The highest BCUT2D eigenvalue weighted by atomic mass is 16.5. The van der Waals surface area contributed by atoms with E-state index in [1.807, 2.05) is 54.6 Å². The first kappa shape index (κ1) is 19.8. The molecule has 0 fully saturated rings. The molecule has 0 N–H and O–H groups in total. The zero-order valence-corrected chi connectivity index (χ0v) is 16.5. The van der Waals surface area contributed by atoms with Crippen LogP contribution in [0.5, 0.6) is 0 Å². The molecular weight excluding hydrogens is 346 g/mol. The number of hydrogen-bond donors (Lipinski definition) is 0. The van der Waals surface area contributed by atoms with Crippen molar-refractivity contribution in [2.45, 2.75) is 32.0 Å². The molecule has 3 nitrogen and oxygen atoms in total. The van der Waals surface area contributed by atoms with E-state index in [0.29, 0.717) is 13.1 Å². The highest BCUT2D eigenvalue weighted by Crippen LogP contribution is 2.27. The number of rotatable bonds is 8. The van der Waals surface area contributed by atoms with E-state index in [0.717, 1.165) is 5.56 Å². The Hall–Kier alpha value is -2.91. The molecule has 0 saturated carbocycles. The third-order valence-corrected chi connectivity index (χ3v) is 5.09. The molecule has 2 atom stereocenters. The minimum Gasteiger partial charge on any atom is -0.468 e. The van der Waals surface area contributed by atoms with E-state index in [-0.39, 0.29) is 17.9 Å². The van der Waals surface area contributed by atoms with Gasteiger partial charge in [0.15, 0.2) is 0 Å². The van der Waals surface area contributed by atoms with Crippen molar-refractivity contribution in [1.29, 1.82) is 0 Å². The summed E-state index contributed by atoms with van der Waals surface area (Å²) in [5.41, 5.74) is 3.48. The summed E-state index contributed by atoms with van der Waals surface area (Å²) in [4.78, 5) is 15.1. The Kier molecular flexibility index (Phi) is 6.99. The van der Waals surface area contributed by atoms with E-state index in [1.54, 1.807) is 0 Å². The summed E-state index contributed by atoms with van der Waals surface area (Å²) in [5.74, 6) is -0.204. The van der Waals surface area contributed by atoms with Crippen LogP contribution in [0.3, 0.4) is 0 Å². The predicted octanol–water partition coefficient (Wildman–Crippen LogP) is 5.03. The third kappa shape index (κ3) is 5.08. The normalized spacial score (nSPS) is 13.1. The lowest BCUT2D eigenvalue weighted by molar-refractivity contribution is -0.148. The van der Waals surface area contributed by atoms with Crippen LogP contribution in [0.15, 0.2) is 91.0 Å². The lowest BCUT2D eigenvalue weighted by Gasteiger charge is -2.34. The number of carbonyl (C=O) groups excluding carboxylic acids is 1. The fraction of sp³-hybridized carbons (Fsp3) is 0.240. The summed E-state index contributed by atoms with van der Waals surface area (Å²) < 4.78 is 5.23. The van der Waals surface area contributed by atoms with Crippen molar-refractivity contribution in [3.05, 3.63) is 108 Å². The van der Waals surface area contributed by atoms with E-state index in [1.165, 1.54) is 18.2 Å². The Bertz CT molecular complexity index is 808. The van der Waals surface area contributed by atoms with Crippen LogP contribution >= 0.6 is 0 Å². The van der Waals surface area contributed by atoms with Gasteiger partial charge < -0.3 is 4.74 Å². The van der Waals surface area contributed by atoms with Gasteiger partial charge >= 0.3 is 5.97 Å². The quantitative estimate of drug-likeness (QED) is 0.519. The topological polar surface area (TPSA) is 29.5 Å². The van der Waals surface area contributed by atoms with E-state index < -0.39 is 0 Å². The maximum Gasteiger partial charge on any atom is 0.323 e. The predicted molar refractivity (Wildman–Crippen MR) is 113 cm³/mol. The van der Waals surface area contributed by atoms with Gasteiger partial charge in [-0.3, -0.25) is 9.69 Å². The lowest BCUT2D eigenvalue weighted by atomic mass is 9.91. The number of carbonyl (C=O) groups is 1. The van der Waals surface area contributed by atoms with Gasteiger partial charge in [0.1, 0.15) is 6.04 Å². The van der Waals surface area contributed by atoms with Crippen molar-refractivity contribution in [2.24, 2.45) is 0 Å². The first-order chi connectivity index (χ1) is 13.7. The average Bonchev–Trinajstić information content (AvgIpc) is 2.75. The van der Waals surface area contributed by atoms with E-state index in [9.17, 15) is 4.79 Å². The molecule has 0 aliphatic heterocycles. The lowest BCUT2D eigenvalue weighted by Crippen LogP contribution is -2.44. The van der Waals surface area contributed by atoms with Crippen LogP contribution in [-0.4, -0.2) is 24.0 Å². The summed E-state index contributed by atoms with van der Waals surface area (Å²) in [5, 5.41) is 0. The molecule has 0 aliphatic rings. The molecule has 3 aromatic carbocycles. The van der Waals surface area contributed by atoms with Gasteiger partial charge in [-0.05, 0) is 16.7 Å². The van der Waals surface area contributed by atoms with E-state index in [4.69, 9.17) is 4.74 Å². The summed E-state index contributed by atoms with van der Waals surface area (Å²) in [6.45, 7) is 3.44. The summed E-state index contributed by atoms with van der Waals surface area (Å²) in [7, 11) is 1.47. The van der Waals surface area contributed by atoms with Gasteiger partial charge in [0.2, 0.25) is 0 Å². The van der Waals surface area contributed by atoms with Crippen LogP contribution in [0.25, 0.3) is 0 Å². The highest BCUT2D eigenvalue weighted by molar-refractivity contribution is 5.77. The number of nitrogens with zero attached hydrogens (tertiary/aromatic N) is 1. The molecule has 3 rings (SSSR count). The van der Waals surface area contributed by atoms with Gasteiger partial charge in [0.25, 0.3) is 0 Å². The molecule has 3 aromatic rings. The molecule has 3 heteroatoms. The van der Waals surface area contributed by atoms with Crippen molar-refractivity contribution < 1.29 is 9.53 Å². The number of hydrogen-bond acceptors (Lipinski definition) is 3. The molecule has 0 saturated heterocycles. The smallest absolute Gasteiger partial charge is 0.323 e. The second-order valence-electron chi connectivity index (χ2n) is 7.04. The van der Waals surface area contributed by atoms with Crippen LogP contribution in [0.4, 0.5) is 0 Å². The van der Waals surface area contributed by atoms with Crippen molar-refractivity contribution in [3.8, 4) is 0 Å². The van der Waals surface area contributed by atoms with Gasteiger partial charge in [-0.25, -0.2) is 0 Å². The molecule has 0 aromatic heterocycles. The van der Waals surface area contributed by atoms with Crippen LogP contribution in [0.1, 0.15) is 29.5 Å². The van der Waals surface area contributed by atoms with Crippen molar-refractivity contribution in [2.75, 3.05) is 7.11 Å². The fourth-order valence-corrected chi connectivity index (χ4v) is 3.62. The molecule has 144 valence electrons. The van der Waals surface area contributed by atoms with Crippen molar-refractivity contribution in [3.63, 3.8) is 0 Å². The number of esters is 1. The average molecular weight is 373 g/mol. The molecule has 28 heavy (non-hydrogen) atoms. The standard InChI is InChI=1S/C25H27NO2/c1-20(23-16-10-5-11-17-23)24(25(27)28-2)26(18-21-12-6-3-7-13-21)19-22-14-8-4-9-15-22/h3-17,20,24H,18-19H2,1-2H3/t20-,24?/m0/s1. The first-order valence-corrected chi connectivity index (χ1v) is 9.63. The van der Waals surface area contributed by atoms with Gasteiger partial charge in [-0.15, -0.1) is 0 Å². The first-order valence-electron chi connectivity index (χ1n) is 9.63. The van der Waals surface area contributed by atoms with Gasteiger partial charge in [-0.2, -0.15) is 0 Å². The molecule has 0 spiro atoms. The fourth-order valence-electron chi connectivity index (χ4n) is 3.62. The zero-order chi connectivity index (χ0) is 19.8. The molecule has 0 amide bonds. The monoisotopic (exact) mass is 373 g/mol. The van der Waals surface area contributed by atoms with Crippen molar-refractivity contribution >= 4 is 5.97 Å². The maximum absolute atomic E-state index is 12.9. The zero-order valence-electron chi connectivity index (χ0n) is 16.5. The Balaban J connectivity index is 1.96. The third-order valence-electron chi connectivity index (χ3n) is 5.09. The van der Waals surface area contributed by atoms with Gasteiger partial charge in [-0.1, -0.05) is 97.9 Å². The number of methoxy groups -OCH3 is 1. The number of ether oxygens (including phenoxy) is 1. The van der Waals surface area contributed by atoms with Crippen molar-refractivity contribution in [1.82, 2.24) is 4.90 Å². The second-order valence-corrected chi connectivity index (χ2v) is 7.04. The second kappa shape index (κ2) is 9.86. The molecule has 0 heterocycles.